The number of halogens is 3. The van der Waals surface area contributed by atoms with E-state index in [1.807, 2.05) is 23.1 Å². The fourth-order valence-corrected chi connectivity index (χ4v) is 3.41. The first kappa shape index (κ1) is 20.6. The van der Waals surface area contributed by atoms with Crippen molar-refractivity contribution in [3.8, 4) is 0 Å². The van der Waals surface area contributed by atoms with E-state index in [2.05, 4.69) is 10.3 Å². The second kappa shape index (κ2) is 9.86. The highest BCUT2D eigenvalue weighted by atomic mass is 35.5. The maximum atomic E-state index is 13.3. The van der Waals surface area contributed by atoms with Gasteiger partial charge in [-0.3, -0.25) is 9.78 Å². The van der Waals surface area contributed by atoms with Crippen LogP contribution in [-0.2, 0) is 6.54 Å². The molecule has 0 saturated carbocycles. The highest BCUT2D eigenvalue weighted by molar-refractivity contribution is 6.33. The predicted octanol–water partition coefficient (Wildman–Crippen LogP) is 4.08. The first-order valence-corrected chi connectivity index (χ1v) is 8.89. The van der Waals surface area contributed by atoms with E-state index in [1.54, 1.807) is 6.20 Å². The van der Waals surface area contributed by atoms with Gasteiger partial charge in [0.25, 0.3) is 5.91 Å². The molecule has 140 valence electrons. The Labute approximate surface area is 164 Å². The molecule has 0 bridgehead atoms. The van der Waals surface area contributed by atoms with Gasteiger partial charge < -0.3 is 10.2 Å². The van der Waals surface area contributed by atoms with Gasteiger partial charge in [0, 0.05) is 12.2 Å². The zero-order valence-corrected chi connectivity index (χ0v) is 15.9. The van der Waals surface area contributed by atoms with Crippen LogP contribution in [0.2, 0.25) is 5.02 Å². The van der Waals surface area contributed by atoms with Crippen LogP contribution in [0, 0.1) is 5.82 Å². The van der Waals surface area contributed by atoms with E-state index in [0.717, 1.165) is 38.0 Å². The van der Waals surface area contributed by atoms with Crippen LogP contribution in [0.3, 0.4) is 0 Å². The summed E-state index contributed by atoms with van der Waals surface area (Å²) in [6, 6.07) is 9.68. The molecule has 1 fully saturated rings. The normalized spacial score (nSPS) is 17.1. The van der Waals surface area contributed by atoms with Crippen molar-refractivity contribution in [3.63, 3.8) is 0 Å². The summed E-state index contributed by atoms with van der Waals surface area (Å²) >= 11 is 6.13. The summed E-state index contributed by atoms with van der Waals surface area (Å²) in [5.41, 5.74) is 1.16. The number of carbonyl (C=O) groups is 1. The summed E-state index contributed by atoms with van der Waals surface area (Å²) in [7, 11) is 0. The molecular formula is C19H22Cl2FN3O. The molecule has 1 aromatic heterocycles. The molecule has 1 saturated heterocycles. The van der Waals surface area contributed by atoms with Crippen molar-refractivity contribution in [1.29, 1.82) is 0 Å². The van der Waals surface area contributed by atoms with Gasteiger partial charge in [-0.05, 0) is 62.7 Å². The number of rotatable bonds is 4. The number of benzene rings is 1. The second-order valence-electron chi connectivity index (χ2n) is 6.21. The fraction of sp³-hybridized carbons (Fsp3) is 0.368. The van der Waals surface area contributed by atoms with Gasteiger partial charge in [-0.25, -0.2) is 4.39 Å². The van der Waals surface area contributed by atoms with Crippen molar-refractivity contribution in [2.45, 2.75) is 31.8 Å². The molecule has 1 aliphatic heterocycles. The van der Waals surface area contributed by atoms with Crippen LogP contribution in [0.5, 0.6) is 0 Å². The molecule has 7 heteroatoms. The minimum atomic E-state index is -0.448. The van der Waals surface area contributed by atoms with Crippen LogP contribution in [0.1, 0.15) is 35.3 Å². The zero-order chi connectivity index (χ0) is 17.6. The Morgan fingerprint density at radius 2 is 2.12 bits per heavy atom. The number of hydrogen-bond acceptors (Lipinski definition) is 3. The summed E-state index contributed by atoms with van der Waals surface area (Å²) < 4.78 is 13.3. The Balaban J connectivity index is 0.00000243. The van der Waals surface area contributed by atoms with Crippen molar-refractivity contribution in [3.05, 3.63) is 64.7 Å². The monoisotopic (exact) mass is 397 g/mol. The van der Waals surface area contributed by atoms with Gasteiger partial charge in [0.1, 0.15) is 5.82 Å². The lowest BCUT2D eigenvalue weighted by Crippen LogP contribution is -2.40. The molecule has 0 aliphatic carbocycles. The maximum absolute atomic E-state index is 13.3. The molecule has 3 rings (SSSR count). The molecule has 1 amide bonds. The number of carbonyl (C=O) groups excluding carboxylic acids is 1. The minimum Gasteiger partial charge on any atom is -0.330 e. The highest BCUT2D eigenvalue weighted by Crippen LogP contribution is 2.24. The van der Waals surface area contributed by atoms with E-state index in [1.165, 1.54) is 18.2 Å². The van der Waals surface area contributed by atoms with Crippen molar-refractivity contribution in [2.75, 3.05) is 13.1 Å². The summed E-state index contributed by atoms with van der Waals surface area (Å²) in [5, 5.41) is 3.51. The number of hydrogen-bond donors (Lipinski definition) is 1. The molecule has 1 N–H and O–H groups in total. The third-order valence-corrected chi connectivity index (χ3v) is 4.78. The lowest BCUT2D eigenvalue weighted by atomic mass is 10.0. The largest absolute Gasteiger partial charge is 0.330 e. The SMILES string of the molecule is Cl.O=C(c1ccc(F)cc1Cl)N(Cc1ccccn1)C1CCCNCC1. The highest BCUT2D eigenvalue weighted by Gasteiger charge is 2.27. The molecule has 4 nitrogen and oxygen atoms in total. The summed E-state index contributed by atoms with van der Waals surface area (Å²) in [6.07, 6.45) is 4.52. The molecule has 2 heterocycles. The van der Waals surface area contributed by atoms with Gasteiger partial charge >= 0.3 is 0 Å². The Bertz CT molecular complexity index is 722. The summed E-state index contributed by atoms with van der Waals surface area (Å²) in [6.45, 7) is 2.24. The minimum absolute atomic E-state index is 0. The Kier molecular flexibility index (Phi) is 7.82. The van der Waals surface area contributed by atoms with Crippen LogP contribution in [0.15, 0.2) is 42.6 Å². The van der Waals surface area contributed by atoms with E-state index in [-0.39, 0.29) is 29.4 Å². The lowest BCUT2D eigenvalue weighted by Gasteiger charge is -2.31. The number of nitrogens with one attached hydrogen (secondary N) is 1. The predicted molar refractivity (Wildman–Crippen MR) is 103 cm³/mol. The number of nitrogens with zero attached hydrogens (tertiary/aromatic N) is 2. The number of pyridine rings is 1. The van der Waals surface area contributed by atoms with E-state index in [0.29, 0.717) is 12.1 Å². The maximum Gasteiger partial charge on any atom is 0.255 e. The van der Waals surface area contributed by atoms with Gasteiger partial charge in [0.15, 0.2) is 0 Å². The van der Waals surface area contributed by atoms with E-state index in [4.69, 9.17) is 11.6 Å². The van der Waals surface area contributed by atoms with Crippen LogP contribution >= 0.6 is 24.0 Å². The summed E-state index contributed by atoms with van der Waals surface area (Å²) in [4.78, 5) is 19.3. The summed E-state index contributed by atoms with van der Waals surface area (Å²) in [5.74, 6) is -0.626. The number of amides is 1. The Hall–Kier alpha value is -1.69. The Morgan fingerprint density at radius 3 is 2.85 bits per heavy atom. The molecule has 2 aromatic rings. The van der Waals surface area contributed by atoms with E-state index in [9.17, 15) is 9.18 Å². The first-order valence-electron chi connectivity index (χ1n) is 8.52. The van der Waals surface area contributed by atoms with Crippen molar-refractivity contribution in [1.82, 2.24) is 15.2 Å². The molecule has 1 atom stereocenters. The molecule has 0 radical (unpaired) electrons. The number of aromatic nitrogens is 1. The third kappa shape index (κ3) is 5.16. The fourth-order valence-electron chi connectivity index (χ4n) is 3.16. The van der Waals surface area contributed by atoms with Gasteiger partial charge in [-0.2, -0.15) is 0 Å². The molecular weight excluding hydrogens is 376 g/mol. The average Bonchev–Trinajstić information content (AvgIpc) is 2.89. The van der Waals surface area contributed by atoms with Crippen LogP contribution in [0.4, 0.5) is 4.39 Å². The standard InChI is InChI=1S/C19H21ClFN3O.ClH/c20-18-12-14(21)6-7-17(18)19(25)24(13-15-4-1-2-10-23-15)16-5-3-9-22-11-8-16;/h1-2,4,6-7,10,12,16,22H,3,5,8-9,11,13H2;1H. The topological polar surface area (TPSA) is 45.2 Å². The van der Waals surface area contributed by atoms with Crippen LogP contribution in [-0.4, -0.2) is 34.9 Å². The van der Waals surface area contributed by atoms with Gasteiger partial charge in [0.2, 0.25) is 0 Å². The molecule has 26 heavy (non-hydrogen) atoms. The van der Waals surface area contributed by atoms with Crippen molar-refractivity contribution >= 4 is 29.9 Å². The molecule has 0 spiro atoms. The zero-order valence-electron chi connectivity index (χ0n) is 14.3. The van der Waals surface area contributed by atoms with Gasteiger partial charge in [-0.15, -0.1) is 12.4 Å². The Morgan fingerprint density at radius 1 is 1.27 bits per heavy atom. The average molecular weight is 398 g/mol. The van der Waals surface area contributed by atoms with E-state index >= 15 is 0 Å². The molecule has 1 unspecified atom stereocenters. The molecule has 1 aromatic carbocycles. The van der Waals surface area contributed by atoms with Crippen LogP contribution in [0.25, 0.3) is 0 Å². The van der Waals surface area contributed by atoms with E-state index < -0.39 is 5.82 Å². The first-order chi connectivity index (χ1) is 12.1. The van der Waals surface area contributed by atoms with Gasteiger partial charge in [-0.1, -0.05) is 17.7 Å². The van der Waals surface area contributed by atoms with Gasteiger partial charge in [0.05, 0.1) is 22.8 Å². The van der Waals surface area contributed by atoms with Crippen LogP contribution < -0.4 is 5.32 Å². The quantitative estimate of drug-likeness (QED) is 0.844. The lowest BCUT2D eigenvalue weighted by molar-refractivity contribution is 0.0642. The van der Waals surface area contributed by atoms with Crippen molar-refractivity contribution in [2.24, 2.45) is 0 Å². The molecule has 1 aliphatic rings. The van der Waals surface area contributed by atoms with Crippen molar-refractivity contribution < 1.29 is 9.18 Å². The smallest absolute Gasteiger partial charge is 0.255 e. The third-order valence-electron chi connectivity index (χ3n) is 4.47. The second-order valence-corrected chi connectivity index (χ2v) is 6.62.